The minimum atomic E-state index is -0.615. The maximum Gasteiger partial charge on any atom is 0.261 e. The van der Waals surface area contributed by atoms with Crippen molar-refractivity contribution in [2.24, 2.45) is 0 Å². The number of hydrogen-bond donors (Lipinski definition) is 1. The zero-order valence-corrected chi connectivity index (χ0v) is 19.7. The molecule has 2 aromatic rings. The molecule has 1 saturated carbocycles. The van der Waals surface area contributed by atoms with Crippen LogP contribution >= 0.6 is 0 Å². The van der Waals surface area contributed by atoms with Crippen molar-refractivity contribution in [2.75, 3.05) is 6.61 Å². The summed E-state index contributed by atoms with van der Waals surface area (Å²) in [5.41, 5.74) is 1.96. The zero-order valence-electron chi connectivity index (χ0n) is 19.7. The normalized spacial score (nSPS) is 15.0. The summed E-state index contributed by atoms with van der Waals surface area (Å²) in [6.07, 6.45) is 6.80. The van der Waals surface area contributed by atoms with Crippen molar-refractivity contribution in [1.82, 2.24) is 10.2 Å². The largest absolute Gasteiger partial charge is 0.484 e. The van der Waals surface area contributed by atoms with E-state index in [4.69, 9.17) is 4.74 Å². The van der Waals surface area contributed by atoms with Gasteiger partial charge in [-0.15, -0.1) is 0 Å². The molecule has 0 heterocycles. The Labute approximate surface area is 196 Å². The highest BCUT2D eigenvalue weighted by atomic mass is 19.1. The van der Waals surface area contributed by atoms with Gasteiger partial charge in [0.15, 0.2) is 6.61 Å². The second kappa shape index (κ2) is 12.4. The van der Waals surface area contributed by atoms with Crippen molar-refractivity contribution in [3.63, 3.8) is 0 Å². The monoisotopic (exact) mass is 454 g/mol. The minimum absolute atomic E-state index is 0.132. The van der Waals surface area contributed by atoms with Crippen LogP contribution in [0.4, 0.5) is 4.39 Å². The minimum Gasteiger partial charge on any atom is -0.484 e. The molecule has 1 aliphatic carbocycles. The van der Waals surface area contributed by atoms with Crippen LogP contribution < -0.4 is 10.1 Å². The number of halogens is 1. The summed E-state index contributed by atoms with van der Waals surface area (Å²) in [6.45, 7) is 4.03. The third kappa shape index (κ3) is 7.31. The summed E-state index contributed by atoms with van der Waals surface area (Å²) >= 11 is 0. The summed E-state index contributed by atoms with van der Waals surface area (Å²) in [6, 6.07) is 13.2. The fraction of sp³-hybridized carbons (Fsp3) is 0.481. The molecule has 1 aliphatic rings. The van der Waals surface area contributed by atoms with E-state index < -0.39 is 6.04 Å². The van der Waals surface area contributed by atoms with Crippen LogP contribution in [0.2, 0.25) is 0 Å². The van der Waals surface area contributed by atoms with Gasteiger partial charge >= 0.3 is 0 Å². The molecule has 1 unspecified atom stereocenters. The topological polar surface area (TPSA) is 58.6 Å². The SMILES string of the molecule is CCc1ccc(OCC(=O)N(Cc2ccc(F)cc2)C(CC)C(=O)NC2CCCCC2)cc1. The van der Waals surface area contributed by atoms with E-state index in [9.17, 15) is 14.0 Å². The van der Waals surface area contributed by atoms with Gasteiger partial charge in [0.05, 0.1) is 0 Å². The summed E-state index contributed by atoms with van der Waals surface area (Å²) in [7, 11) is 0. The molecule has 0 bridgehead atoms. The smallest absolute Gasteiger partial charge is 0.261 e. The van der Waals surface area contributed by atoms with Crippen LogP contribution in [0.15, 0.2) is 48.5 Å². The molecule has 33 heavy (non-hydrogen) atoms. The molecule has 178 valence electrons. The lowest BCUT2D eigenvalue weighted by Gasteiger charge is -2.32. The molecule has 0 spiro atoms. The van der Waals surface area contributed by atoms with Crippen LogP contribution in [0.5, 0.6) is 5.75 Å². The van der Waals surface area contributed by atoms with Crippen molar-refractivity contribution >= 4 is 11.8 Å². The Balaban J connectivity index is 1.73. The van der Waals surface area contributed by atoms with Gasteiger partial charge in [-0.1, -0.05) is 57.4 Å². The standard InChI is InChI=1S/C27H35FN2O3/c1-3-20-12-16-24(17-13-20)33-19-26(31)30(18-21-10-14-22(28)15-11-21)25(4-2)27(32)29-23-8-6-5-7-9-23/h10-17,23,25H,3-9,18-19H2,1-2H3,(H,29,32). The highest BCUT2D eigenvalue weighted by Gasteiger charge is 2.30. The molecule has 0 radical (unpaired) electrons. The summed E-state index contributed by atoms with van der Waals surface area (Å²) in [5.74, 6) is -0.128. The first-order valence-electron chi connectivity index (χ1n) is 12.1. The number of rotatable bonds is 10. The van der Waals surface area contributed by atoms with Gasteiger partial charge in [-0.3, -0.25) is 9.59 Å². The highest BCUT2D eigenvalue weighted by molar-refractivity contribution is 5.88. The third-order valence-corrected chi connectivity index (χ3v) is 6.30. The Hall–Kier alpha value is -2.89. The summed E-state index contributed by atoms with van der Waals surface area (Å²) < 4.78 is 19.1. The number of benzene rings is 2. The van der Waals surface area contributed by atoms with E-state index in [1.807, 2.05) is 31.2 Å². The molecule has 3 rings (SSSR count). The van der Waals surface area contributed by atoms with Crippen molar-refractivity contribution in [3.8, 4) is 5.75 Å². The first-order valence-corrected chi connectivity index (χ1v) is 12.1. The number of ether oxygens (including phenoxy) is 1. The Morgan fingerprint density at radius 3 is 2.24 bits per heavy atom. The van der Waals surface area contributed by atoms with E-state index in [0.717, 1.165) is 37.7 Å². The summed E-state index contributed by atoms with van der Waals surface area (Å²) in [4.78, 5) is 28.0. The van der Waals surface area contributed by atoms with Crippen LogP contribution in [-0.2, 0) is 22.6 Å². The first kappa shape index (κ1) is 24.7. The summed E-state index contributed by atoms with van der Waals surface area (Å²) in [5, 5.41) is 3.15. The van der Waals surface area contributed by atoms with Crippen LogP contribution in [0.3, 0.4) is 0 Å². The van der Waals surface area contributed by atoms with E-state index in [-0.39, 0.29) is 36.8 Å². The van der Waals surface area contributed by atoms with E-state index in [1.54, 1.807) is 17.0 Å². The molecule has 6 heteroatoms. The lowest BCUT2D eigenvalue weighted by atomic mass is 9.95. The Bertz CT molecular complexity index is 893. The molecule has 1 atom stereocenters. The Morgan fingerprint density at radius 2 is 1.64 bits per heavy atom. The average molecular weight is 455 g/mol. The van der Waals surface area contributed by atoms with Gasteiger partial charge in [-0.25, -0.2) is 4.39 Å². The fourth-order valence-corrected chi connectivity index (χ4v) is 4.30. The highest BCUT2D eigenvalue weighted by Crippen LogP contribution is 2.19. The zero-order chi connectivity index (χ0) is 23.6. The predicted octanol–water partition coefficient (Wildman–Crippen LogP) is 5.02. The molecule has 2 aromatic carbocycles. The van der Waals surface area contributed by atoms with Gasteiger partial charge in [-0.05, 0) is 61.1 Å². The predicted molar refractivity (Wildman–Crippen MR) is 127 cm³/mol. The van der Waals surface area contributed by atoms with Gasteiger partial charge in [-0.2, -0.15) is 0 Å². The molecular formula is C27H35FN2O3. The molecule has 0 saturated heterocycles. The van der Waals surface area contributed by atoms with Crippen molar-refractivity contribution in [2.45, 2.75) is 77.4 Å². The van der Waals surface area contributed by atoms with Crippen molar-refractivity contribution in [1.29, 1.82) is 0 Å². The van der Waals surface area contributed by atoms with Gasteiger partial charge in [0.25, 0.3) is 5.91 Å². The lowest BCUT2D eigenvalue weighted by molar-refractivity contribution is -0.143. The number of aryl methyl sites for hydroxylation is 1. The van der Waals surface area contributed by atoms with Gasteiger partial charge < -0.3 is 15.0 Å². The van der Waals surface area contributed by atoms with Gasteiger partial charge in [0, 0.05) is 12.6 Å². The van der Waals surface area contributed by atoms with Gasteiger partial charge in [0.1, 0.15) is 17.6 Å². The second-order valence-corrected chi connectivity index (χ2v) is 8.70. The van der Waals surface area contributed by atoms with E-state index in [0.29, 0.717) is 12.2 Å². The fourth-order valence-electron chi connectivity index (χ4n) is 4.30. The van der Waals surface area contributed by atoms with Crippen LogP contribution in [0.25, 0.3) is 0 Å². The van der Waals surface area contributed by atoms with E-state index in [2.05, 4.69) is 12.2 Å². The molecule has 0 aliphatic heterocycles. The number of carbonyl (C=O) groups is 2. The number of nitrogens with one attached hydrogen (secondary N) is 1. The van der Waals surface area contributed by atoms with Gasteiger partial charge in [0.2, 0.25) is 5.91 Å². The number of carbonyl (C=O) groups excluding carboxylic acids is 2. The van der Waals surface area contributed by atoms with Crippen LogP contribution in [0.1, 0.15) is 63.5 Å². The Kier molecular flexibility index (Phi) is 9.28. The Morgan fingerprint density at radius 1 is 1.00 bits per heavy atom. The second-order valence-electron chi connectivity index (χ2n) is 8.70. The molecule has 1 N–H and O–H groups in total. The molecule has 5 nitrogen and oxygen atoms in total. The maximum absolute atomic E-state index is 13.4. The molecule has 2 amide bonds. The number of nitrogens with zero attached hydrogens (tertiary/aromatic N) is 1. The van der Waals surface area contributed by atoms with E-state index >= 15 is 0 Å². The van der Waals surface area contributed by atoms with Crippen molar-refractivity contribution < 1.29 is 18.7 Å². The lowest BCUT2D eigenvalue weighted by Crippen LogP contribution is -2.52. The third-order valence-electron chi connectivity index (χ3n) is 6.30. The maximum atomic E-state index is 13.4. The van der Waals surface area contributed by atoms with Crippen molar-refractivity contribution in [3.05, 3.63) is 65.5 Å². The molecule has 0 aromatic heterocycles. The van der Waals surface area contributed by atoms with Crippen LogP contribution in [-0.4, -0.2) is 35.4 Å². The first-order chi connectivity index (χ1) is 16.0. The van der Waals surface area contributed by atoms with E-state index in [1.165, 1.54) is 24.1 Å². The molecule has 1 fully saturated rings. The molecular weight excluding hydrogens is 419 g/mol. The quantitative estimate of drug-likeness (QED) is 0.548. The van der Waals surface area contributed by atoms with Crippen LogP contribution in [0, 0.1) is 5.82 Å². The number of hydrogen-bond acceptors (Lipinski definition) is 3. The average Bonchev–Trinajstić information content (AvgIpc) is 2.84. The number of amides is 2.